The van der Waals surface area contributed by atoms with Crippen molar-refractivity contribution in [3.05, 3.63) is 77.4 Å². The standard InChI is InChI=1S/C27H27F3O5S/c1-4-33-26(31)15-34-24-12-10-23(13-18(24)2)36-16-21-14-20(7-11-25(21)35-17-32-3)19-5-8-22(9-6-19)27(28,29)30/h5-14H,4,15-17H2,1-3H3. The van der Waals surface area contributed by atoms with E-state index in [0.29, 0.717) is 29.4 Å². The van der Waals surface area contributed by atoms with Crippen LogP contribution in [0.4, 0.5) is 13.2 Å². The van der Waals surface area contributed by atoms with E-state index < -0.39 is 17.7 Å². The number of halogens is 3. The quantitative estimate of drug-likeness (QED) is 0.156. The largest absolute Gasteiger partial charge is 0.482 e. The fourth-order valence-corrected chi connectivity index (χ4v) is 4.33. The lowest BCUT2D eigenvalue weighted by atomic mass is 10.0. The molecular formula is C27H27F3O5S. The Morgan fingerprint density at radius 2 is 1.61 bits per heavy atom. The van der Waals surface area contributed by atoms with E-state index in [2.05, 4.69) is 0 Å². The lowest BCUT2D eigenvalue weighted by Crippen LogP contribution is -2.14. The maximum Gasteiger partial charge on any atom is 0.416 e. The van der Waals surface area contributed by atoms with Gasteiger partial charge < -0.3 is 18.9 Å². The monoisotopic (exact) mass is 520 g/mol. The van der Waals surface area contributed by atoms with Gasteiger partial charge in [0, 0.05) is 23.3 Å². The van der Waals surface area contributed by atoms with Gasteiger partial charge >= 0.3 is 12.1 Å². The second-order valence-corrected chi connectivity index (χ2v) is 8.81. The van der Waals surface area contributed by atoms with Gasteiger partial charge in [-0.3, -0.25) is 0 Å². The number of esters is 1. The lowest BCUT2D eigenvalue weighted by molar-refractivity contribution is -0.145. The van der Waals surface area contributed by atoms with Gasteiger partial charge in [0.25, 0.3) is 0 Å². The molecule has 0 bridgehead atoms. The van der Waals surface area contributed by atoms with Gasteiger partial charge in [-0.1, -0.05) is 18.2 Å². The third-order valence-electron chi connectivity index (χ3n) is 5.13. The van der Waals surface area contributed by atoms with Crippen LogP contribution in [-0.2, 0) is 26.2 Å². The predicted octanol–water partition coefficient (Wildman–Crippen LogP) is 6.90. The molecule has 3 aromatic carbocycles. The van der Waals surface area contributed by atoms with Gasteiger partial charge in [-0.05, 0) is 73.0 Å². The van der Waals surface area contributed by atoms with Crippen LogP contribution in [0.15, 0.2) is 65.6 Å². The molecule has 0 unspecified atom stereocenters. The summed E-state index contributed by atoms with van der Waals surface area (Å²) in [5.41, 5.74) is 2.51. The van der Waals surface area contributed by atoms with Gasteiger partial charge in [-0.25, -0.2) is 4.79 Å². The van der Waals surface area contributed by atoms with Crippen LogP contribution in [0.1, 0.15) is 23.6 Å². The molecule has 9 heteroatoms. The number of hydrogen-bond donors (Lipinski definition) is 0. The molecule has 3 aromatic rings. The number of thioether (sulfide) groups is 1. The van der Waals surface area contributed by atoms with Crippen molar-refractivity contribution in [2.24, 2.45) is 0 Å². The van der Waals surface area contributed by atoms with Crippen LogP contribution in [0.3, 0.4) is 0 Å². The van der Waals surface area contributed by atoms with Crippen LogP contribution < -0.4 is 9.47 Å². The zero-order valence-electron chi connectivity index (χ0n) is 20.2. The van der Waals surface area contributed by atoms with Crippen molar-refractivity contribution in [1.82, 2.24) is 0 Å². The van der Waals surface area contributed by atoms with Crippen molar-refractivity contribution < 1.29 is 36.9 Å². The number of ether oxygens (including phenoxy) is 4. The Morgan fingerprint density at radius 1 is 0.917 bits per heavy atom. The second-order valence-electron chi connectivity index (χ2n) is 7.76. The number of benzene rings is 3. The second kappa shape index (κ2) is 12.7. The van der Waals surface area contributed by atoms with Gasteiger partial charge in [0.1, 0.15) is 11.5 Å². The summed E-state index contributed by atoms with van der Waals surface area (Å²) in [5.74, 6) is 1.36. The molecule has 3 rings (SSSR count). The molecule has 0 radical (unpaired) electrons. The molecule has 0 amide bonds. The van der Waals surface area contributed by atoms with E-state index in [-0.39, 0.29) is 13.4 Å². The van der Waals surface area contributed by atoms with Gasteiger partial charge in [0.15, 0.2) is 13.4 Å². The molecular weight excluding hydrogens is 493 g/mol. The van der Waals surface area contributed by atoms with Crippen molar-refractivity contribution in [3.63, 3.8) is 0 Å². The Kier molecular flexibility index (Phi) is 9.66. The minimum Gasteiger partial charge on any atom is -0.482 e. The van der Waals surface area contributed by atoms with Crippen LogP contribution in [0, 0.1) is 6.92 Å². The number of carbonyl (C=O) groups is 1. The van der Waals surface area contributed by atoms with Crippen LogP contribution >= 0.6 is 11.8 Å². The molecule has 192 valence electrons. The Hall–Kier alpha value is -3.17. The van der Waals surface area contributed by atoms with Gasteiger partial charge in [-0.2, -0.15) is 13.2 Å². The normalized spacial score (nSPS) is 11.3. The highest BCUT2D eigenvalue weighted by Gasteiger charge is 2.30. The highest BCUT2D eigenvalue weighted by atomic mass is 32.2. The van der Waals surface area contributed by atoms with E-state index in [0.717, 1.165) is 33.7 Å². The van der Waals surface area contributed by atoms with Crippen molar-refractivity contribution >= 4 is 17.7 Å². The van der Waals surface area contributed by atoms with Gasteiger partial charge in [-0.15, -0.1) is 11.8 Å². The molecule has 0 fully saturated rings. The summed E-state index contributed by atoms with van der Waals surface area (Å²) < 4.78 is 59.9. The Morgan fingerprint density at radius 3 is 2.25 bits per heavy atom. The zero-order chi connectivity index (χ0) is 26.1. The first-order chi connectivity index (χ1) is 17.2. The Balaban J connectivity index is 1.75. The molecule has 0 aliphatic rings. The maximum absolute atomic E-state index is 12.9. The first-order valence-electron chi connectivity index (χ1n) is 11.2. The van der Waals surface area contributed by atoms with Crippen LogP contribution in [0.2, 0.25) is 0 Å². The average Bonchev–Trinajstić information content (AvgIpc) is 2.85. The molecule has 0 heterocycles. The van der Waals surface area contributed by atoms with Crippen LogP contribution in [0.5, 0.6) is 11.5 Å². The number of hydrogen-bond acceptors (Lipinski definition) is 6. The SMILES string of the molecule is CCOC(=O)COc1ccc(SCc2cc(-c3ccc(C(F)(F)F)cc3)ccc2OCOC)cc1C. The van der Waals surface area contributed by atoms with Crippen molar-refractivity contribution in [3.8, 4) is 22.6 Å². The van der Waals surface area contributed by atoms with E-state index in [1.54, 1.807) is 30.8 Å². The molecule has 0 saturated heterocycles. The Labute approximate surface area is 212 Å². The minimum absolute atomic E-state index is 0.0723. The number of rotatable bonds is 11. The number of alkyl halides is 3. The molecule has 0 aromatic heterocycles. The fraction of sp³-hybridized carbons (Fsp3) is 0.296. The summed E-state index contributed by atoms with van der Waals surface area (Å²) in [6, 6.07) is 16.2. The summed E-state index contributed by atoms with van der Waals surface area (Å²) in [4.78, 5) is 12.5. The summed E-state index contributed by atoms with van der Waals surface area (Å²) in [5, 5.41) is 0. The third kappa shape index (κ3) is 7.66. The first kappa shape index (κ1) is 27.4. The highest BCUT2D eigenvalue weighted by molar-refractivity contribution is 7.98. The maximum atomic E-state index is 12.9. The number of methoxy groups -OCH3 is 1. The number of aryl methyl sites for hydroxylation is 1. The predicted molar refractivity (Wildman–Crippen MR) is 132 cm³/mol. The van der Waals surface area contributed by atoms with Gasteiger partial charge in [0.2, 0.25) is 0 Å². The summed E-state index contributed by atoms with van der Waals surface area (Å²) >= 11 is 1.57. The van der Waals surface area contributed by atoms with Gasteiger partial charge in [0.05, 0.1) is 12.2 Å². The van der Waals surface area contributed by atoms with E-state index in [4.69, 9.17) is 18.9 Å². The fourth-order valence-electron chi connectivity index (χ4n) is 3.36. The molecule has 5 nitrogen and oxygen atoms in total. The Bertz CT molecular complexity index is 1160. The summed E-state index contributed by atoms with van der Waals surface area (Å²) in [6.45, 7) is 3.84. The molecule has 0 N–H and O–H groups in total. The number of carbonyl (C=O) groups excluding carboxylic acids is 1. The van der Waals surface area contributed by atoms with Crippen LogP contribution in [-0.4, -0.2) is 33.1 Å². The molecule has 0 aliphatic heterocycles. The van der Waals surface area contributed by atoms with Crippen molar-refractivity contribution in [2.75, 3.05) is 27.1 Å². The lowest BCUT2D eigenvalue weighted by Gasteiger charge is -2.14. The van der Waals surface area contributed by atoms with Crippen molar-refractivity contribution in [2.45, 2.75) is 30.7 Å². The highest BCUT2D eigenvalue weighted by Crippen LogP contribution is 2.35. The first-order valence-corrected chi connectivity index (χ1v) is 12.1. The summed E-state index contributed by atoms with van der Waals surface area (Å²) in [6.07, 6.45) is -4.38. The molecule has 0 spiro atoms. The zero-order valence-corrected chi connectivity index (χ0v) is 21.0. The van der Waals surface area contributed by atoms with Crippen LogP contribution in [0.25, 0.3) is 11.1 Å². The molecule has 0 aliphatic carbocycles. The summed E-state index contributed by atoms with van der Waals surface area (Å²) in [7, 11) is 1.53. The van der Waals surface area contributed by atoms with Crippen molar-refractivity contribution in [1.29, 1.82) is 0 Å². The molecule has 0 atom stereocenters. The molecule has 0 saturated carbocycles. The third-order valence-corrected chi connectivity index (χ3v) is 6.17. The molecule has 36 heavy (non-hydrogen) atoms. The van der Waals surface area contributed by atoms with E-state index in [9.17, 15) is 18.0 Å². The van der Waals surface area contributed by atoms with E-state index in [1.807, 2.05) is 31.2 Å². The average molecular weight is 521 g/mol. The topological polar surface area (TPSA) is 54.0 Å². The minimum atomic E-state index is -4.38. The smallest absolute Gasteiger partial charge is 0.416 e. The van der Waals surface area contributed by atoms with E-state index in [1.165, 1.54) is 19.2 Å². The van der Waals surface area contributed by atoms with E-state index >= 15 is 0 Å².